The van der Waals surface area contributed by atoms with Crippen LogP contribution in [-0.4, -0.2) is 36.2 Å². The number of hydrogen-bond acceptors (Lipinski definition) is 2. The van der Waals surface area contributed by atoms with Crippen molar-refractivity contribution in [2.24, 2.45) is 0 Å². The maximum atomic E-state index is 8.62. The van der Waals surface area contributed by atoms with Gasteiger partial charge in [0.25, 0.3) is 0 Å². The first-order valence-electron chi connectivity index (χ1n) is 5.68. The molecule has 0 aromatic heterocycles. The minimum atomic E-state index is 0.348. The molecule has 0 fully saturated rings. The summed E-state index contributed by atoms with van der Waals surface area (Å²) in [4.78, 5) is 2.50. The second-order valence-electron chi connectivity index (χ2n) is 3.57. The van der Waals surface area contributed by atoms with Gasteiger partial charge in [-0.2, -0.15) is 0 Å². The molecule has 0 saturated heterocycles. The molecule has 0 bridgehead atoms. The van der Waals surface area contributed by atoms with Gasteiger partial charge in [0.1, 0.15) is 0 Å². The first-order chi connectivity index (χ1) is 6.35. The second kappa shape index (κ2) is 10.0. The minimum absolute atomic E-state index is 0.348. The monoisotopic (exact) mass is 187 g/mol. The Kier molecular flexibility index (Phi) is 9.94. The van der Waals surface area contributed by atoms with E-state index in [4.69, 9.17) is 5.11 Å². The predicted molar refractivity (Wildman–Crippen MR) is 58.0 cm³/mol. The predicted octanol–water partition coefficient (Wildman–Crippen LogP) is 2.27. The second-order valence-corrected chi connectivity index (χ2v) is 3.57. The third kappa shape index (κ3) is 8.26. The van der Waals surface area contributed by atoms with E-state index in [0.29, 0.717) is 6.61 Å². The van der Waals surface area contributed by atoms with Crippen LogP contribution >= 0.6 is 0 Å². The zero-order valence-electron chi connectivity index (χ0n) is 9.26. The molecule has 0 radical (unpaired) electrons. The summed E-state index contributed by atoms with van der Waals surface area (Å²) in [6.07, 6.45) is 5.96. The summed E-state index contributed by atoms with van der Waals surface area (Å²) >= 11 is 0. The van der Waals surface area contributed by atoms with Gasteiger partial charge in [-0.3, -0.25) is 0 Å². The molecule has 2 heteroatoms. The average Bonchev–Trinajstić information content (AvgIpc) is 2.17. The molecule has 0 rings (SSSR count). The van der Waals surface area contributed by atoms with Crippen molar-refractivity contribution in [3.8, 4) is 0 Å². The lowest BCUT2D eigenvalue weighted by Crippen LogP contribution is -2.25. The molecule has 0 aliphatic heterocycles. The first kappa shape index (κ1) is 12.9. The van der Waals surface area contributed by atoms with E-state index < -0.39 is 0 Å². The van der Waals surface area contributed by atoms with Gasteiger partial charge in [0.15, 0.2) is 0 Å². The number of hydrogen-bond donors (Lipinski definition) is 1. The van der Waals surface area contributed by atoms with Crippen molar-refractivity contribution in [1.82, 2.24) is 4.90 Å². The first-order valence-corrected chi connectivity index (χ1v) is 5.68. The van der Waals surface area contributed by atoms with Crippen LogP contribution in [0.4, 0.5) is 0 Å². The molecule has 0 amide bonds. The van der Waals surface area contributed by atoms with E-state index in [2.05, 4.69) is 18.7 Å². The van der Waals surface area contributed by atoms with Gasteiger partial charge in [-0.25, -0.2) is 0 Å². The van der Waals surface area contributed by atoms with E-state index in [-0.39, 0.29) is 0 Å². The summed E-state index contributed by atoms with van der Waals surface area (Å²) in [5.74, 6) is 0. The largest absolute Gasteiger partial charge is 0.396 e. The third-order valence-electron chi connectivity index (χ3n) is 2.41. The number of aliphatic hydroxyl groups is 1. The number of rotatable bonds is 9. The van der Waals surface area contributed by atoms with Gasteiger partial charge in [0.05, 0.1) is 0 Å². The summed E-state index contributed by atoms with van der Waals surface area (Å²) in [6, 6.07) is 0. The van der Waals surface area contributed by atoms with Crippen molar-refractivity contribution in [3.05, 3.63) is 0 Å². The maximum Gasteiger partial charge on any atom is 0.0431 e. The summed E-state index contributed by atoms with van der Waals surface area (Å²) in [5, 5.41) is 8.62. The van der Waals surface area contributed by atoms with Crippen molar-refractivity contribution in [2.45, 2.75) is 46.0 Å². The molecule has 0 spiro atoms. The molecular formula is C11H25NO. The van der Waals surface area contributed by atoms with Crippen LogP contribution in [0.5, 0.6) is 0 Å². The SMILES string of the molecule is CCCCN(CC)CCCCCO. The molecule has 0 heterocycles. The molecule has 0 aliphatic carbocycles. The summed E-state index contributed by atoms with van der Waals surface area (Å²) in [5.41, 5.74) is 0. The highest BCUT2D eigenvalue weighted by Crippen LogP contribution is 2.00. The molecule has 0 saturated carbocycles. The molecule has 0 unspecified atom stereocenters. The molecule has 0 aromatic carbocycles. The van der Waals surface area contributed by atoms with Crippen molar-refractivity contribution < 1.29 is 5.11 Å². The van der Waals surface area contributed by atoms with Crippen LogP contribution in [0.25, 0.3) is 0 Å². The highest BCUT2D eigenvalue weighted by Gasteiger charge is 1.99. The molecule has 0 atom stereocenters. The molecule has 0 aromatic rings. The standard InChI is InChI=1S/C11H25NO/c1-3-5-9-12(4-2)10-7-6-8-11-13/h13H,3-11H2,1-2H3. The van der Waals surface area contributed by atoms with Crippen LogP contribution in [-0.2, 0) is 0 Å². The van der Waals surface area contributed by atoms with Crippen molar-refractivity contribution in [1.29, 1.82) is 0 Å². The average molecular weight is 187 g/mol. The van der Waals surface area contributed by atoms with Gasteiger partial charge in [-0.05, 0) is 45.3 Å². The Bertz CT molecular complexity index is 96.1. The molecule has 80 valence electrons. The molecule has 0 aliphatic rings. The fourth-order valence-electron chi connectivity index (χ4n) is 1.43. The van der Waals surface area contributed by atoms with Crippen LogP contribution in [0, 0.1) is 0 Å². The van der Waals surface area contributed by atoms with Crippen molar-refractivity contribution in [3.63, 3.8) is 0 Å². The van der Waals surface area contributed by atoms with E-state index in [1.165, 1.54) is 45.3 Å². The highest BCUT2D eigenvalue weighted by atomic mass is 16.2. The summed E-state index contributed by atoms with van der Waals surface area (Å²) < 4.78 is 0. The zero-order valence-corrected chi connectivity index (χ0v) is 9.26. The number of unbranched alkanes of at least 4 members (excludes halogenated alkanes) is 3. The number of nitrogens with zero attached hydrogens (tertiary/aromatic N) is 1. The van der Waals surface area contributed by atoms with Crippen LogP contribution in [0.2, 0.25) is 0 Å². The topological polar surface area (TPSA) is 23.5 Å². The molecular weight excluding hydrogens is 162 g/mol. The Hall–Kier alpha value is -0.0800. The highest BCUT2D eigenvalue weighted by molar-refractivity contribution is 4.55. The Morgan fingerprint density at radius 3 is 2.15 bits per heavy atom. The fourth-order valence-corrected chi connectivity index (χ4v) is 1.43. The van der Waals surface area contributed by atoms with E-state index in [0.717, 1.165) is 6.42 Å². The van der Waals surface area contributed by atoms with Crippen LogP contribution in [0.15, 0.2) is 0 Å². The normalized spacial score (nSPS) is 11.1. The van der Waals surface area contributed by atoms with Gasteiger partial charge >= 0.3 is 0 Å². The molecule has 13 heavy (non-hydrogen) atoms. The van der Waals surface area contributed by atoms with Gasteiger partial charge in [0.2, 0.25) is 0 Å². The minimum Gasteiger partial charge on any atom is -0.396 e. The van der Waals surface area contributed by atoms with E-state index >= 15 is 0 Å². The summed E-state index contributed by atoms with van der Waals surface area (Å²) in [6.45, 7) is 8.42. The lowest BCUT2D eigenvalue weighted by Gasteiger charge is -2.19. The van der Waals surface area contributed by atoms with E-state index in [1.54, 1.807) is 0 Å². The van der Waals surface area contributed by atoms with Gasteiger partial charge in [0, 0.05) is 6.61 Å². The lowest BCUT2D eigenvalue weighted by molar-refractivity contribution is 0.257. The van der Waals surface area contributed by atoms with Gasteiger partial charge < -0.3 is 10.0 Å². The van der Waals surface area contributed by atoms with Crippen molar-refractivity contribution in [2.75, 3.05) is 26.2 Å². The molecule has 2 nitrogen and oxygen atoms in total. The quantitative estimate of drug-likeness (QED) is 0.560. The Labute approximate surface area is 82.9 Å². The van der Waals surface area contributed by atoms with E-state index in [9.17, 15) is 0 Å². The smallest absolute Gasteiger partial charge is 0.0431 e. The van der Waals surface area contributed by atoms with E-state index in [1.807, 2.05) is 0 Å². The maximum absolute atomic E-state index is 8.62. The lowest BCUT2D eigenvalue weighted by atomic mass is 10.2. The Balaban J connectivity index is 3.25. The Morgan fingerprint density at radius 1 is 0.923 bits per heavy atom. The van der Waals surface area contributed by atoms with Gasteiger partial charge in [-0.15, -0.1) is 0 Å². The number of aliphatic hydroxyl groups excluding tert-OH is 1. The Morgan fingerprint density at radius 2 is 1.62 bits per heavy atom. The van der Waals surface area contributed by atoms with Crippen LogP contribution < -0.4 is 0 Å². The summed E-state index contributed by atoms with van der Waals surface area (Å²) in [7, 11) is 0. The third-order valence-corrected chi connectivity index (χ3v) is 2.41. The van der Waals surface area contributed by atoms with Gasteiger partial charge in [-0.1, -0.05) is 20.3 Å². The van der Waals surface area contributed by atoms with Crippen LogP contribution in [0.1, 0.15) is 46.0 Å². The zero-order chi connectivity index (χ0) is 9.94. The fraction of sp³-hybridized carbons (Fsp3) is 1.00. The van der Waals surface area contributed by atoms with Crippen LogP contribution in [0.3, 0.4) is 0 Å². The molecule has 1 N–H and O–H groups in total. The van der Waals surface area contributed by atoms with Crippen molar-refractivity contribution >= 4 is 0 Å².